The van der Waals surface area contributed by atoms with E-state index in [-0.39, 0.29) is 13.2 Å². The second kappa shape index (κ2) is 14.6. The van der Waals surface area contributed by atoms with Crippen molar-refractivity contribution in [3.63, 3.8) is 0 Å². The number of allylic oxidation sites excluding steroid dienone is 2. The van der Waals surface area contributed by atoms with Crippen molar-refractivity contribution < 1.29 is 9.59 Å². The third-order valence-corrected chi connectivity index (χ3v) is 1.49. The molecule has 0 aliphatic heterocycles. The van der Waals surface area contributed by atoms with Crippen molar-refractivity contribution in [3.8, 4) is 0 Å². The number of Topliss-reactive ketones (excluding diaryl/α,β-unsaturated/α-hetero) is 1. The van der Waals surface area contributed by atoms with Crippen molar-refractivity contribution in [2.24, 2.45) is 0 Å². The molecule has 0 saturated heterocycles. The van der Waals surface area contributed by atoms with Gasteiger partial charge in [0.2, 0.25) is 0 Å². The van der Waals surface area contributed by atoms with Crippen LogP contribution in [0, 0.1) is 0 Å². The molecule has 0 bridgehead atoms. The van der Waals surface area contributed by atoms with Crippen LogP contribution in [-0.2, 0) is 9.59 Å². The molecule has 0 spiro atoms. The monoisotopic (exact) mass is 200 g/mol. The van der Waals surface area contributed by atoms with E-state index in [1.54, 1.807) is 12.2 Å². The molecule has 0 saturated carbocycles. The first kappa shape index (κ1) is 18.8. The molecule has 0 aromatic heterocycles. The largest absolute Gasteiger partial charge is 0.300 e. The van der Waals surface area contributed by atoms with E-state index in [0.29, 0.717) is 25.0 Å². The summed E-state index contributed by atoms with van der Waals surface area (Å²) in [7, 11) is 0. The lowest BCUT2D eigenvalue weighted by molar-refractivity contribution is -0.118. The van der Waals surface area contributed by atoms with Crippen molar-refractivity contribution >= 4 is 11.6 Å². The SMILES string of the molecule is C.CC=CC(=O)CC.CCC(=O)CC. The molecule has 0 aromatic carbocycles. The van der Waals surface area contributed by atoms with E-state index < -0.39 is 0 Å². The summed E-state index contributed by atoms with van der Waals surface area (Å²) in [6.45, 7) is 7.45. The van der Waals surface area contributed by atoms with E-state index >= 15 is 0 Å². The van der Waals surface area contributed by atoms with Crippen LogP contribution in [0.25, 0.3) is 0 Å². The van der Waals surface area contributed by atoms with Gasteiger partial charge in [-0.1, -0.05) is 34.3 Å². The molecule has 0 amide bonds. The predicted octanol–water partition coefficient (Wildman–Crippen LogP) is 3.55. The molecule has 0 rings (SSSR count). The van der Waals surface area contributed by atoms with Crippen molar-refractivity contribution in [1.82, 2.24) is 0 Å². The Bertz CT molecular complexity index is 163. The van der Waals surface area contributed by atoms with Crippen LogP contribution >= 0.6 is 0 Å². The van der Waals surface area contributed by atoms with E-state index in [1.165, 1.54) is 0 Å². The Labute approximate surface area is 88.4 Å². The highest BCUT2D eigenvalue weighted by atomic mass is 16.1. The van der Waals surface area contributed by atoms with Crippen LogP contribution in [-0.4, -0.2) is 11.6 Å². The standard InChI is InChI=1S/C6H10O.C5H10O.CH4/c1-3-5-6(7)4-2;1-3-5(6)4-2;/h3,5H,4H2,1-2H3;3-4H2,1-2H3;1H4. The van der Waals surface area contributed by atoms with Gasteiger partial charge in [-0.3, -0.25) is 9.59 Å². The fraction of sp³-hybridized carbons (Fsp3) is 0.667. The van der Waals surface area contributed by atoms with E-state index in [9.17, 15) is 9.59 Å². The molecular weight excluding hydrogens is 176 g/mol. The van der Waals surface area contributed by atoms with E-state index in [1.807, 2.05) is 27.7 Å². The topological polar surface area (TPSA) is 34.1 Å². The van der Waals surface area contributed by atoms with Gasteiger partial charge < -0.3 is 0 Å². The molecule has 0 fully saturated rings. The summed E-state index contributed by atoms with van der Waals surface area (Å²) >= 11 is 0. The van der Waals surface area contributed by atoms with Crippen LogP contribution in [0.15, 0.2) is 12.2 Å². The Balaban J connectivity index is -0.000000163. The highest BCUT2D eigenvalue weighted by Crippen LogP contribution is 1.83. The molecule has 0 heterocycles. The Morgan fingerprint density at radius 3 is 1.50 bits per heavy atom. The molecular formula is C12H24O2. The molecule has 0 radical (unpaired) electrons. The average molecular weight is 200 g/mol. The van der Waals surface area contributed by atoms with Gasteiger partial charge in [-0.15, -0.1) is 0 Å². The number of carbonyl (C=O) groups is 2. The molecule has 84 valence electrons. The van der Waals surface area contributed by atoms with Crippen LogP contribution in [0.4, 0.5) is 0 Å². The van der Waals surface area contributed by atoms with Gasteiger partial charge >= 0.3 is 0 Å². The van der Waals surface area contributed by atoms with Gasteiger partial charge in [-0.05, 0) is 13.0 Å². The second-order valence-corrected chi connectivity index (χ2v) is 2.57. The maximum atomic E-state index is 10.3. The molecule has 0 aromatic rings. The van der Waals surface area contributed by atoms with E-state index in [2.05, 4.69) is 0 Å². The number of hydrogen-bond acceptors (Lipinski definition) is 2. The smallest absolute Gasteiger partial charge is 0.155 e. The summed E-state index contributed by atoms with van der Waals surface area (Å²) < 4.78 is 0. The molecule has 0 aliphatic rings. The zero-order chi connectivity index (χ0) is 10.7. The second-order valence-electron chi connectivity index (χ2n) is 2.57. The molecule has 0 aliphatic carbocycles. The summed E-state index contributed by atoms with van der Waals surface area (Å²) in [6.07, 6.45) is 5.34. The zero-order valence-electron chi connectivity index (χ0n) is 9.09. The molecule has 2 nitrogen and oxygen atoms in total. The normalized spacial score (nSPS) is 8.57. The Morgan fingerprint density at radius 1 is 1.00 bits per heavy atom. The Hall–Kier alpha value is -0.920. The Morgan fingerprint density at radius 2 is 1.43 bits per heavy atom. The lowest BCUT2D eigenvalue weighted by atomic mass is 10.3. The van der Waals surface area contributed by atoms with Gasteiger partial charge in [-0.2, -0.15) is 0 Å². The lowest BCUT2D eigenvalue weighted by Crippen LogP contribution is -1.88. The first-order valence-corrected chi connectivity index (χ1v) is 4.79. The van der Waals surface area contributed by atoms with Crippen molar-refractivity contribution in [2.75, 3.05) is 0 Å². The number of hydrogen-bond donors (Lipinski definition) is 0. The molecule has 0 unspecified atom stereocenters. The fourth-order valence-corrected chi connectivity index (χ4v) is 0.554. The number of rotatable bonds is 4. The predicted molar refractivity (Wildman–Crippen MR) is 62.4 cm³/mol. The van der Waals surface area contributed by atoms with Gasteiger partial charge in [0, 0.05) is 19.3 Å². The van der Waals surface area contributed by atoms with Crippen LogP contribution in [0.2, 0.25) is 0 Å². The third-order valence-electron chi connectivity index (χ3n) is 1.49. The molecule has 0 atom stereocenters. The highest BCUT2D eigenvalue weighted by Gasteiger charge is 1.86. The third kappa shape index (κ3) is 17.2. The minimum Gasteiger partial charge on any atom is -0.300 e. The van der Waals surface area contributed by atoms with Gasteiger partial charge in [0.05, 0.1) is 0 Å². The summed E-state index contributed by atoms with van der Waals surface area (Å²) in [5.74, 6) is 0.539. The van der Waals surface area contributed by atoms with Gasteiger partial charge in [0.15, 0.2) is 5.78 Å². The Kier molecular flexibility index (Phi) is 19.6. The lowest BCUT2D eigenvalue weighted by Gasteiger charge is -1.81. The van der Waals surface area contributed by atoms with Gasteiger partial charge in [-0.25, -0.2) is 0 Å². The van der Waals surface area contributed by atoms with Crippen molar-refractivity contribution in [3.05, 3.63) is 12.2 Å². The maximum Gasteiger partial charge on any atom is 0.155 e. The molecule has 14 heavy (non-hydrogen) atoms. The van der Waals surface area contributed by atoms with Gasteiger partial charge in [0.1, 0.15) is 5.78 Å². The van der Waals surface area contributed by atoms with Crippen LogP contribution < -0.4 is 0 Å². The zero-order valence-corrected chi connectivity index (χ0v) is 9.09. The van der Waals surface area contributed by atoms with E-state index in [0.717, 1.165) is 0 Å². The summed E-state index contributed by atoms with van der Waals surface area (Å²) in [6, 6.07) is 0. The minimum absolute atomic E-state index is 0. The van der Waals surface area contributed by atoms with Gasteiger partial charge in [0.25, 0.3) is 0 Å². The summed E-state index contributed by atoms with van der Waals surface area (Å²) in [5, 5.41) is 0. The van der Waals surface area contributed by atoms with Crippen molar-refractivity contribution in [2.45, 2.75) is 54.4 Å². The first-order valence-electron chi connectivity index (χ1n) is 4.79. The summed E-state index contributed by atoms with van der Waals surface area (Å²) in [4.78, 5) is 20.5. The van der Waals surface area contributed by atoms with Crippen LogP contribution in [0.1, 0.15) is 54.4 Å². The fourth-order valence-electron chi connectivity index (χ4n) is 0.554. The first-order chi connectivity index (χ1) is 6.12. The number of carbonyl (C=O) groups excluding carboxylic acids is 2. The summed E-state index contributed by atoms with van der Waals surface area (Å²) in [5.41, 5.74) is 0. The quantitative estimate of drug-likeness (QED) is 0.650. The van der Waals surface area contributed by atoms with Crippen LogP contribution in [0.3, 0.4) is 0 Å². The van der Waals surface area contributed by atoms with E-state index in [4.69, 9.17) is 0 Å². The molecule has 2 heteroatoms. The molecule has 0 N–H and O–H groups in total. The minimum atomic E-state index is 0. The van der Waals surface area contributed by atoms with Crippen LogP contribution in [0.5, 0.6) is 0 Å². The average Bonchev–Trinajstić information content (AvgIpc) is 2.18. The number of ketones is 2. The maximum absolute atomic E-state index is 10.3. The van der Waals surface area contributed by atoms with Crippen molar-refractivity contribution in [1.29, 1.82) is 0 Å². The highest BCUT2D eigenvalue weighted by molar-refractivity contribution is 5.89.